The van der Waals surface area contributed by atoms with E-state index in [0.29, 0.717) is 17.3 Å². The molecule has 1 aliphatic rings. The second-order valence-electron chi connectivity index (χ2n) is 4.76. The summed E-state index contributed by atoms with van der Waals surface area (Å²) in [4.78, 5) is 16.4. The van der Waals surface area contributed by atoms with Gasteiger partial charge < -0.3 is 14.8 Å². The molecule has 0 fully saturated rings. The number of para-hydroxylation sites is 2. The fraction of sp³-hybridized carbons (Fsp3) is 0.250. The van der Waals surface area contributed by atoms with Gasteiger partial charge in [-0.05, 0) is 36.2 Å². The van der Waals surface area contributed by atoms with Crippen LogP contribution < -0.4 is 14.8 Å². The summed E-state index contributed by atoms with van der Waals surface area (Å²) in [5.41, 5.74) is 1.12. The lowest BCUT2D eigenvalue weighted by atomic mass is 10.2. The molecule has 5 nitrogen and oxygen atoms in total. The Bertz CT molecular complexity index is 657. The summed E-state index contributed by atoms with van der Waals surface area (Å²) < 4.78 is 11.2. The molecule has 1 aromatic heterocycles. The molecule has 108 valence electrons. The zero-order valence-corrected chi connectivity index (χ0v) is 11.7. The fourth-order valence-electron chi connectivity index (χ4n) is 2.12. The molecule has 1 amide bonds. The average molecular weight is 284 g/mol. The molecular formula is C16H16N2O3. The summed E-state index contributed by atoms with van der Waals surface area (Å²) >= 11 is 0. The fourth-order valence-corrected chi connectivity index (χ4v) is 2.12. The van der Waals surface area contributed by atoms with Gasteiger partial charge in [-0.2, -0.15) is 0 Å². The van der Waals surface area contributed by atoms with E-state index in [4.69, 9.17) is 9.47 Å². The Morgan fingerprint density at radius 3 is 2.95 bits per heavy atom. The van der Waals surface area contributed by atoms with Gasteiger partial charge in [-0.1, -0.05) is 19.1 Å². The molecule has 2 aromatic rings. The Morgan fingerprint density at radius 2 is 2.14 bits per heavy atom. The highest BCUT2D eigenvalue weighted by Crippen LogP contribution is 2.31. The number of rotatable bonds is 3. The molecule has 1 N–H and O–H groups in total. The summed E-state index contributed by atoms with van der Waals surface area (Å²) in [6.07, 6.45) is 1.90. The van der Waals surface area contributed by atoms with Crippen molar-refractivity contribution in [3.63, 3.8) is 0 Å². The van der Waals surface area contributed by atoms with Gasteiger partial charge >= 0.3 is 0 Å². The van der Waals surface area contributed by atoms with E-state index in [0.717, 1.165) is 12.0 Å². The zero-order chi connectivity index (χ0) is 14.7. The summed E-state index contributed by atoms with van der Waals surface area (Å²) in [6.45, 7) is 2.24. The number of fused-ring (bicyclic) bond motifs is 1. The van der Waals surface area contributed by atoms with Gasteiger partial charge in [0.2, 0.25) is 6.10 Å². The van der Waals surface area contributed by atoms with E-state index < -0.39 is 6.10 Å². The molecule has 1 unspecified atom stereocenters. The Morgan fingerprint density at radius 1 is 1.33 bits per heavy atom. The minimum Gasteiger partial charge on any atom is -0.485 e. The van der Waals surface area contributed by atoms with E-state index in [2.05, 4.69) is 17.2 Å². The first-order chi connectivity index (χ1) is 10.3. The summed E-state index contributed by atoms with van der Waals surface area (Å²) in [7, 11) is 0. The second kappa shape index (κ2) is 5.83. The van der Waals surface area contributed by atoms with E-state index in [9.17, 15) is 4.79 Å². The summed E-state index contributed by atoms with van der Waals surface area (Å²) in [6, 6.07) is 11.1. The third-order valence-electron chi connectivity index (χ3n) is 3.28. The normalized spacial score (nSPS) is 16.3. The number of aromatic nitrogens is 1. The number of hydrogen-bond acceptors (Lipinski definition) is 4. The van der Waals surface area contributed by atoms with E-state index in [1.165, 1.54) is 0 Å². The second-order valence-corrected chi connectivity index (χ2v) is 4.76. The van der Waals surface area contributed by atoms with Gasteiger partial charge in [-0.25, -0.2) is 4.98 Å². The minimum atomic E-state index is -0.674. The maximum absolute atomic E-state index is 12.2. The van der Waals surface area contributed by atoms with E-state index in [-0.39, 0.29) is 12.5 Å². The van der Waals surface area contributed by atoms with Crippen LogP contribution in [-0.2, 0) is 11.2 Å². The van der Waals surface area contributed by atoms with Crippen LogP contribution in [0.1, 0.15) is 12.5 Å². The van der Waals surface area contributed by atoms with Crippen LogP contribution in [0.2, 0.25) is 0 Å². The van der Waals surface area contributed by atoms with Crippen molar-refractivity contribution in [2.75, 3.05) is 11.9 Å². The zero-order valence-electron chi connectivity index (χ0n) is 11.7. The molecule has 1 aromatic carbocycles. The van der Waals surface area contributed by atoms with Crippen LogP contribution in [0, 0.1) is 0 Å². The Labute approximate surface area is 122 Å². The van der Waals surface area contributed by atoms with Crippen molar-refractivity contribution in [2.45, 2.75) is 19.4 Å². The molecule has 0 saturated heterocycles. The van der Waals surface area contributed by atoms with Gasteiger partial charge in [0.1, 0.15) is 12.4 Å². The van der Waals surface area contributed by atoms with Crippen LogP contribution in [0.25, 0.3) is 0 Å². The van der Waals surface area contributed by atoms with Crippen LogP contribution in [0.3, 0.4) is 0 Å². The quantitative estimate of drug-likeness (QED) is 0.940. The number of ether oxygens (including phenoxy) is 2. The van der Waals surface area contributed by atoms with Crippen LogP contribution in [0.15, 0.2) is 42.6 Å². The molecule has 3 rings (SSSR count). The average Bonchev–Trinajstić information content (AvgIpc) is 2.54. The first kappa shape index (κ1) is 13.4. The maximum atomic E-state index is 12.2. The van der Waals surface area contributed by atoms with Crippen molar-refractivity contribution in [3.05, 3.63) is 48.2 Å². The minimum absolute atomic E-state index is 0.191. The number of pyridine rings is 1. The molecule has 5 heteroatoms. The van der Waals surface area contributed by atoms with Crippen LogP contribution in [0.5, 0.6) is 11.5 Å². The molecule has 2 heterocycles. The molecule has 0 spiro atoms. The first-order valence-corrected chi connectivity index (χ1v) is 6.90. The third-order valence-corrected chi connectivity index (χ3v) is 3.28. The number of benzene rings is 1. The smallest absolute Gasteiger partial charge is 0.270 e. The Balaban J connectivity index is 1.69. The number of hydrogen-bond donors (Lipinski definition) is 1. The van der Waals surface area contributed by atoms with Gasteiger partial charge in [0, 0.05) is 6.20 Å². The summed E-state index contributed by atoms with van der Waals surface area (Å²) in [5, 5.41) is 2.76. The van der Waals surface area contributed by atoms with Crippen molar-refractivity contribution in [1.29, 1.82) is 0 Å². The molecule has 1 atom stereocenters. The Kier molecular flexibility index (Phi) is 3.73. The van der Waals surface area contributed by atoms with E-state index in [1.807, 2.05) is 30.3 Å². The number of anilines is 1. The third kappa shape index (κ3) is 2.97. The number of nitrogens with one attached hydrogen (secondary N) is 1. The predicted octanol–water partition coefficient (Wildman–Crippen LogP) is 2.42. The van der Waals surface area contributed by atoms with Gasteiger partial charge in [-0.3, -0.25) is 4.79 Å². The molecular weight excluding hydrogens is 268 g/mol. The van der Waals surface area contributed by atoms with Crippen molar-refractivity contribution >= 4 is 11.7 Å². The first-order valence-electron chi connectivity index (χ1n) is 6.90. The van der Waals surface area contributed by atoms with E-state index in [1.54, 1.807) is 12.3 Å². The van der Waals surface area contributed by atoms with E-state index >= 15 is 0 Å². The number of amides is 1. The van der Waals surface area contributed by atoms with Gasteiger partial charge in [0.25, 0.3) is 5.91 Å². The Hall–Kier alpha value is -2.56. The van der Waals surface area contributed by atoms with Crippen molar-refractivity contribution in [3.8, 4) is 11.5 Å². The molecule has 1 aliphatic heterocycles. The maximum Gasteiger partial charge on any atom is 0.270 e. The van der Waals surface area contributed by atoms with Crippen LogP contribution in [0.4, 0.5) is 5.82 Å². The molecule has 21 heavy (non-hydrogen) atoms. The number of aryl methyl sites for hydroxylation is 1. The lowest BCUT2D eigenvalue weighted by Gasteiger charge is -2.25. The van der Waals surface area contributed by atoms with Gasteiger partial charge in [-0.15, -0.1) is 0 Å². The van der Waals surface area contributed by atoms with Gasteiger partial charge in [0.15, 0.2) is 11.5 Å². The van der Waals surface area contributed by atoms with Crippen molar-refractivity contribution in [2.24, 2.45) is 0 Å². The number of carbonyl (C=O) groups is 1. The highest BCUT2D eigenvalue weighted by Gasteiger charge is 2.27. The SMILES string of the molecule is CCc1ccnc(NC(=O)C2COc3ccccc3O2)c1. The molecule has 0 saturated carbocycles. The number of nitrogens with zero attached hydrogens (tertiary/aromatic N) is 1. The van der Waals surface area contributed by atoms with Crippen LogP contribution in [-0.4, -0.2) is 23.6 Å². The lowest BCUT2D eigenvalue weighted by Crippen LogP contribution is -2.40. The topological polar surface area (TPSA) is 60.5 Å². The summed E-state index contributed by atoms with van der Waals surface area (Å²) in [5.74, 6) is 1.51. The largest absolute Gasteiger partial charge is 0.485 e. The molecule has 0 bridgehead atoms. The number of carbonyl (C=O) groups excluding carboxylic acids is 1. The van der Waals surface area contributed by atoms with Crippen molar-refractivity contribution in [1.82, 2.24) is 4.98 Å². The van der Waals surface area contributed by atoms with Crippen molar-refractivity contribution < 1.29 is 14.3 Å². The highest BCUT2D eigenvalue weighted by atomic mass is 16.6. The standard InChI is InChI=1S/C16H16N2O3/c1-2-11-7-8-17-15(9-11)18-16(19)14-10-20-12-5-3-4-6-13(12)21-14/h3-9,14H,2,10H2,1H3,(H,17,18,19). The lowest BCUT2D eigenvalue weighted by molar-refractivity contribution is -0.125. The molecule has 0 radical (unpaired) electrons. The molecule has 0 aliphatic carbocycles. The predicted molar refractivity (Wildman–Crippen MR) is 78.6 cm³/mol. The van der Waals surface area contributed by atoms with Crippen LogP contribution >= 0.6 is 0 Å². The highest BCUT2D eigenvalue weighted by molar-refractivity contribution is 5.94. The van der Waals surface area contributed by atoms with Gasteiger partial charge in [0.05, 0.1) is 0 Å². The monoisotopic (exact) mass is 284 g/mol.